The fourth-order valence-corrected chi connectivity index (χ4v) is 6.50. The normalized spacial score (nSPS) is 17.6. The molecule has 0 unspecified atom stereocenters. The van der Waals surface area contributed by atoms with Crippen LogP contribution in [0.4, 0.5) is 5.69 Å². The molecular weight excluding hydrogens is 466 g/mol. The van der Waals surface area contributed by atoms with Crippen molar-refractivity contribution in [3.8, 4) is 5.75 Å². The van der Waals surface area contributed by atoms with Crippen LogP contribution >= 0.6 is 0 Å². The van der Waals surface area contributed by atoms with Gasteiger partial charge in [-0.2, -0.15) is 4.31 Å². The van der Waals surface area contributed by atoms with Gasteiger partial charge in [0.15, 0.2) is 0 Å². The monoisotopic (exact) mass is 495 g/mol. The van der Waals surface area contributed by atoms with E-state index in [0.717, 1.165) is 0 Å². The lowest BCUT2D eigenvalue weighted by molar-refractivity contribution is -0.120. The lowest BCUT2D eigenvalue weighted by Crippen LogP contribution is -2.43. The van der Waals surface area contributed by atoms with Crippen molar-refractivity contribution in [3.63, 3.8) is 0 Å². The number of ether oxygens (including phenoxy) is 1. The van der Waals surface area contributed by atoms with Gasteiger partial charge in [0.2, 0.25) is 26.0 Å². The van der Waals surface area contributed by atoms with Crippen LogP contribution in [0.1, 0.15) is 26.7 Å². The number of benzene rings is 2. The highest BCUT2D eigenvalue weighted by Crippen LogP contribution is 2.30. The minimum Gasteiger partial charge on any atom is -0.495 e. The first-order valence-electron chi connectivity index (χ1n) is 10.6. The maximum atomic E-state index is 13.0. The van der Waals surface area contributed by atoms with Crippen molar-refractivity contribution in [3.05, 3.63) is 48.5 Å². The molecule has 0 radical (unpaired) electrons. The van der Waals surface area contributed by atoms with Crippen LogP contribution in [0.15, 0.2) is 58.3 Å². The van der Waals surface area contributed by atoms with E-state index >= 15 is 0 Å². The summed E-state index contributed by atoms with van der Waals surface area (Å²) in [5.74, 6) is -0.681. The summed E-state index contributed by atoms with van der Waals surface area (Å²) in [4.78, 5) is 13.2. The van der Waals surface area contributed by atoms with E-state index in [1.54, 1.807) is 32.0 Å². The van der Waals surface area contributed by atoms with E-state index in [1.807, 2.05) is 0 Å². The summed E-state index contributed by atoms with van der Waals surface area (Å²) in [6.45, 7) is 3.79. The van der Waals surface area contributed by atoms with Gasteiger partial charge in [-0.25, -0.2) is 21.6 Å². The van der Waals surface area contributed by atoms with Crippen molar-refractivity contribution in [1.82, 2.24) is 9.03 Å². The average molecular weight is 496 g/mol. The lowest BCUT2D eigenvalue weighted by Gasteiger charge is -2.31. The average Bonchev–Trinajstić information content (AvgIpc) is 2.79. The predicted molar refractivity (Wildman–Crippen MR) is 125 cm³/mol. The molecule has 1 heterocycles. The third-order valence-corrected chi connectivity index (χ3v) is 8.80. The fourth-order valence-electron chi connectivity index (χ4n) is 3.68. The third-order valence-electron chi connectivity index (χ3n) is 5.27. The van der Waals surface area contributed by atoms with Crippen LogP contribution in [0, 0.1) is 5.92 Å². The van der Waals surface area contributed by atoms with Crippen molar-refractivity contribution in [1.29, 1.82) is 0 Å². The number of piperidine rings is 1. The van der Waals surface area contributed by atoms with Gasteiger partial charge in [0, 0.05) is 19.1 Å². The SMILES string of the molecule is COc1ccc(S(=O)(=O)NC(C)C)cc1NC(=O)[C@@H]1CCCN(S(=O)(=O)c2ccccc2)C1. The van der Waals surface area contributed by atoms with E-state index in [9.17, 15) is 21.6 Å². The molecule has 1 aliphatic heterocycles. The van der Waals surface area contributed by atoms with Gasteiger partial charge in [-0.3, -0.25) is 4.79 Å². The van der Waals surface area contributed by atoms with E-state index in [4.69, 9.17) is 4.74 Å². The first kappa shape index (κ1) is 25.2. The number of hydrogen-bond donors (Lipinski definition) is 2. The summed E-state index contributed by atoms with van der Waals surface area (Å²) < 4.78 is 60.1. The van der Waals surface area contributed by atoms with Gasteiger partial charge in [0.1, 0.15) is 5.75 Å². The second-order valence-electron chi connectivity index (χ2n) is 8.14. The molecular formula is C22H29N3O6S2. The quantitative estimate of drug-likeness (QED) is 0.580. The van der Waals surface area contributed by atoms with E-state index in [-0.39, 0.29) is 28.1 Å². The molecule has 33 heavy (non-hydrogen) atoms. The van der Waals surface area contributed by atoms with Crippen LogP contribution in [0.25, 0.3) is 0 Å². The Labute approximate surface area is 195 Å². The number of carbonyl (C=O) groups is 1. The summed E-state index contributed by atoms with van der Waals surface area (Å²) in [6, 6.07) is 12.0. The van der Waals surface area contributed by atoms with Crippen LogP contribution < -0.4 is 14.8 Å². The summed E-state index contributed by atoms with van der Waals surface area (Å²) in [5, 5.41) is 2.73. The molecule has 0 aromatic heterocycles. The van der Waals surface area contributed by atoms with Gasteiger partial charge in [0.05, 0.1) is 28.5 Å². The Morgan fingerprint density at radius 3 is 2.39 bits per heavy atom. The number of rotatable bonds is 8. The zero-order valence-electron chi connectivity index (χ0n) is 18.8. The number of amides is 1. The van der Waals surface area contributed by atoms with Gasteiger partial charge in [-0.15, -0.1) is 0 Å². The number of sulfonamides is 2. The Bertz CT molecular complexity index is 1200. The largest absolute Gasteiger partial charge is 0.495 e. The minimum absolute atomic E-state index is 0.00998. The van der Waals surface area contributed by atoms with E-state index in [0.29, 0.717) is 25.1 Å². The molecule has 2 N–H and O–H groups in total. The highest BCUT2D eigenvalue weighted by molar-refractivity contribution is 7.89. The molecule has 0 aliphatic carbocycles. The molecule has 9 nitrogen and oxygen atoms in total. The molecule has 2 aromatic carbocycles. The molecule has 1 fully saturated rings. The Hall–Kier alpha value is -2.47. The van der Waals surface area contributed by atoms with E-state index < -0.39 is 31.9 Å². The van der Waals surface area contributed by atoms with Crippen molar-refractivity contribution >= 4 is 31.6 Å². The Balaban J connectivity index is 1.80. The summed E-state index contributed by atoms with van der Waals surface area (Å²) in [7, 11) is -6.06. The summed E-state index contributed by atoms with van der Waals surface area (Å²) >= 11 is 0. The van der Waals surface area contributed by atoms with Gasteiger partial charge < -0.3 is 10.1 Å². The molecule has 0 bridgehead atoms. The molecule has 11 heteroatoms. The Morgan fingerprint density at radius 2 is 1.76 bits per heavy atom. The minimum atomic E-state index is -3.77. The van der Waals surface area contributed by atoms with Gasteiger partial charge in [0.25, 0.3) is 0 Å². The zero-order valence-corrected chi connectivity index (χ0v) is 20.4. The zero-order chi connectivity index (χ0) is 24.2. The summed E-state index contributed by atoms with van der Waals surface area (Å²) in [5.41, 5.74) is 0.206. The van der Waals surface area contributed by atoms with Crippen LogP contribution in [-0.2, 0) is 24.8 Å². The van der Waals surface area contributed by atoms with Gasteiger partial charge in [-0.05, 0) is 57.0 Å². The first-order chi connectivity index (χ1) is 15.5. The molecule has 0 spiro atoms. The number of carbonyl (C=O) groups excluding carboxylic acids is 1. The molecule has 0 saturated carbocycles. The highest BCUT2D eigenvalue weighted by Gasteiger charge is 2.33. The van der Waals surface area contributed by atoms with Crippen molar-refractivity contribution in [2.45, 2.75) is 42.5 Å². The van der Waals surface area contributed by atoms with Crippen LogP contribution in [0.5, 0.6) is 5.75 Å². The standard InChI is InChI=1S/C22H29N3O6S2/c1-16(2)24-32(27,28)19-11-12-21(31-3)20(14-19)23-22(26)17-8-7-13-25(15-17)33(29,30)18-9-5-4-6-10-18/h4-6,9-12,14,16-17,24H,7-8,13,15H2,1-3H3,(H,23,26)/t17-/m1/s1. The fraction of sp³-hybridized carbons (Fsp3) is 0.409. The van der Waals surface area contributed by atoms with Crippen LogP contribution in [0.3, 0.4) is 0 Å². The second-order valence-corrected chi connectivity index (χ2v) is 11.8. The number of nitrogens with zero attached hydrogens (tertiary/aromatic N) is 1. The number of hydrogen-bond acceptors (Lipinski definition) is 6. The number of nitrogens with one attached hydrogen (secondary N) is 2. The molecule has 2 aromatic rings. The molecule has 1 aliphatic rings. The number of methoxy groups -OCH3 is 1. The second kappa shape index (κ2) is 10.2. The molecule has 3 rings (SSSR count). The van der Waals surface area contributed by atoms with Crippen molar-refractivity contribution in [2.75, 3.05) is 25.5 Å². The topological polar surface area (TPSA) is 122 Å². The maximum Gasteiger partial charge on any atom is 0.243 e. The highest BCUT2D eigenvalue weighted by atomic mass is 32.2. The van der Waals surface area contributed by atoms with Crippen LogP contribution in [-0.4, -0.2) is 53.3 Å². The van der Waals surface area contributed by atoms with Gasteiger partial charge >= 0.3 is 0 Å². The van der Waals surface area contributed by atoms with Crippen molar-refractivity contribution in [2.24, 2.45) is 5.92 Å². The lowest BCUT2D eigenvalue weighted by atomic mass is 9.98. The number of anilines is 1. The molecule has 180 valence electrons. The Morgan fingerprint density at radius 1 is 1.06 bits per heavy atom. The first-order valence-corrected chi connectivity index (χ1v) is 13.5. The molecule has 1 atom stereocenters. The molecule has 1 amide bonds. The van der Waals surface area contributed by atoms with Crippen molar-refractivity contribution < 1.29 is 26.4 Å². The van der Waals surface area contributed by atoms with Gasteiger partial charge in [-0.1, -0.05) is 18.2 Å². The predicted octanol–water partition coefficient (Wildman–Crippen LogP) is 2.42. The maximum absolute atomic E-state index is 13.0. The smallest absolute Gasteiger partial charge is 0.243 e. The summed E-state index contributed by atoms with van der Waals surface area (Å²) in [6.07, 6.45) is 1.05. The van der Waals surface area contributed by atoms with E-state index in [2.05, 4.69) is 10.0 Å². The van der Waals surface area contributed by atoms with Crippen LogP contribution in [0.2, 0.25) is 0 Å². The molecule has 1 saturated heterocycles. The third kappa shape index (κ3) is 5.91. The van der Waals surface area contributed by atoms with E-state index in [1.165, 1.54) is 41.7 Å². The Kier molecular flexibility index (Phi) is 7.78.